The molecule has 3 atom stereocenters. The fraction of sp³-hybridized carbons (Fsp3) is 0.600. The van der Waals surface area contributed by atoms with Crippen molar-refractivity contribution in [3.05, 3.63) is 23.8 Å². The Hall–Kier alpha value is -0.700. The molecule has 18 heavy (non-hydrogen) atoms. The van der Waals surface area contributed by atoms with Gasteiger partial charge in [0.05, 0.1) is 13.2 Å². The molecular formula is C15H21BrO2. The van der Waals surface area contributed by atoms with Crippen molar-refractivity contribution in [2.45, 2.75) is 32.0 Å². The van der Waals surface area contributed by atoms with Gasteiger partial charge in [-0.2, -0.15) is 0 Å². The van der Waals surface area contributed by atoms with Gasteiger partial charge in [0.15, 0.2) is 11.5 Å². The first-order valence-electron chi connectivity index (χ1n) is 6.71. The summed E-state index contributed by atoms with van der Waals surface area (Å²) < 4.78 is 11.2. The number of alkyl halides is 1. The van der Waals surface area contributed by atoms with E-state index < -0.39 is 0 Å². The van der Waals surface area contributed by atoms with Gasteiger partial charge in [-0.3, -0.25) is 0 Å². The van der Waals surface area contributed by atoms with Crippen molar-refractivity contribution in [1.82, 2.24) is 0 Å². The molecule has 100 valence electrons. The molecule has 2 rings (SSSR count). The van der Waals surface area contributed by atoms with Crippen LogP contribution >= 0.6 is 15.9 Å². The highest BCUT2D eigenvalue weighted by Gasteiger charge is 2.39. The molecule has 0 spiro atoms. The maximum atomic E-state index is 5.66. The maximum Gasteiger partial charge on any atom is 0.161 e. The minimum atomic E-state index is 0.433. The van der Waals surface area contributed by atoms with Gasteiger partial charge in [0.2, 0.25) is 0 Å². The molecule has 0 amide bonds. The zero-order valence-electron chi connectivity index (χ0n) is 11.3. The predicted octanol–water partition coefficient (Wildman–Crippen LogP) is 4.58. The van der Waals surface area contributed by atoms with Crippen molar-refractivity contribution < 1.29 is 9.47 Å². The highest BCUT2D eigenvalue weighted by molar-refractivity contribution is 9.09. The van der Waals surface area contributed by atoms with Gasteiger partial charge in [-0.15, -0.1) is 0 Å². The molecule has 1 aliphatic rings. The third-order valence-corrected chi connectivity index (χ3v) is 4.64. The lowest BCUT2D eigenvalue weighted by molar-refractivity contribution is 0.287. The van der Waals surface area contributed by atoms with Crippen molar-refractivity contribution in [2.75, 3.05) is 13.2 Å². The van der Waals surface area contributed by atoms with Gasteiger partial charge in [0.1, 0.15) is 0 Å². The maximum absolute atomic E-state index is 5.66. The van der Waals surface area contributed by atoms with Crippen molar-refractivity contribution in [3.8, 4) is 11.5 Å². The third-order valence-electron chi connectivity index (χ3n) is 3.43. The Morgan fingerprint density at radius 3 is 2.39 bits per heavy atom. The average molecular weight is 313 g/mol. The van der Waals surface area contributed by atoms with Gasteiger partial charge in [-0.25, -0.2) is 0 Å². The molecule has 1 aromatic carbocycles. The van der Waals surface area contributed by atoms with Crippen molar-refractivity contribution in [3.63, 3.8) is 0 Å². The third kappa shape index (κ3) is 3.00. The van der Waals surface area contributed by atoms with Gasteiger partial charge in [-0.05, 0) is 49.8 Å². The van der Waals surface area contributed by atoms with E-state index in [1.54, 1.807) is 0 Å². The molecule has 1 saturated carbocycles. The topological polar surface area (TPSA) is 18.5 Å². The summed E-state index contributed by atoms with van der Waals surface area (Å²) in [6, 6.07) is 6.27. The van der Waals surface area contributed by atoms with Crippen LogP contribution < -0.4 is 9.47 Å². The Balaban J connectivity index is 2.19. The lowest BCUT2D eigenvalue weighted by Crippen LogP contribution is -2.01. The summed E-state index contributed by atoms with van der Waals surface area (Å²) in [5, 5.41) is 0. The second-order valence-electron chi connectivity index (χ2n) is 4.85. The molecule has 3 unspecified atom stereocenters. The van der Waals surface area contributed by atoms with Crippen LogP contribution in [0, 0.1) is 11.8 Å². The van der Waals surface area contributed by atoms with Crippen molar-refractivity contribution in [1.29, 1.82) is 0 Å². The minimum absolute atomic E-state index is 0.433. The molecule has 0 aliphatic heterocycles. The molecule has 0 N–H and O–H groups in total. The Kier molecular flexibility index (Phi) is 4.55. The first-order valence-corrected chi connectivity index (χ1v) is 7.62. The molecule has 3 heteroatoms. The lowest BCUT2D eigenvalue weighted by Gasteiger charge is -2.15. The molecular weight excluding hydrogens is 292 g/mol. The molecule has 2 nitrogen and oxygen atoms in total. The Bertz CT molecular complexity index is 405. The smallest absolute Gasteiger partial charge is 0.161 e. The van der Waals surface area contributed by atoms with Gasteiger partial charge in [0.25, 0.3) is 0 Å². The molecule has 0 radical (unpaired) electrons. The summed E-state index contributed by atoms with van der Waals surface area (Å²) in [6.07, 6.45) is 1.31. The van der Waals surface area contributed by atoms with Gasteiger partial charge < -0.3 is 9.47 Å². The van der Waals surface area contributed by atoms with Crippen LogP contribution in [-0.2, 0) is 0 Å². The zero-order chi connectivity index (χ0) is 13.1. The van der Waals surface area contributed by atoms with Crippen molar-refractivity contribution in [2.24, 2.45) is 11.8 Å². The number of rotatable bonds is 6. The van der Waals surface area contributed by atoms with E-state index in [-0.39, 0.29) is 0 Å². The minimum Gasteiger partial charge on any atom is -0.490 e. The number of hydrogen-bond donors (Lipinski definition) is 0. The lowest BCUT2D eigenvalue weighted by atomic mass is 10.1. The number of hydrogen-bond acceptors (Lipinski definition) is 2. The normalized spacial score (nSPS) is 23.6. The quantitative estimate of drug-likeness (QED) is 0.716. The molecule has 0 bridgehead atoms. The van der Waals surface area contributed by atoms with Gasteiger partial charge in [-0.1, -0.05) is 28.9 Å². The number of benzene rings is 1. The first kappa shape index (κ1) is 13.7. The molecule has 0 saturated heterocycles. The monoisotopic (exact) mass is 312 g/mol. The van der Waals surface area contributed by atoms with Crippen LogP contribution in [0.3, 0.4) is 0 Å². The average Bonchev–Trinajstić information content (AvgIpc) is 3.08. The Morgan fingerprint density at radius 2 is 1.83 bits per heavy atom. The summed E-state index contributed by atoms with van der Waals surface area (Å²) in [6.45, 7) is 7.61. The van der Waals surface area contributed by atoms with E-state index in [4.69, 9.17) is 9.47 Å². The summed E-state index contributed by atoms with van der Waals surface area (Å²) in [5.41, 5.74) is 1.29. The van der Waals surface area contributed by atoms with Gasteiger partial charge in [0, 0.05) is 4.83 Å². The van der Waals surface area contributed by atoms with Crippen LogP contribution in [0.2, 0.25) is 0 Å². The van der Waals surface area contributed by atoms with Crippen LogP contribution in [0.5, 0.6) is 11.5 Å². The second-order valence-corrected chi connectivity index (χ2v) is 5.84. The highest BCUT2D eigenvalue weighted by Crippen LogP contribution is 2.51. The van der Waals surface area contributed by atoms with E-state index in [0.29, 0.717) is 18.0 Å². The molecule has 0 heterocycles. The summed E-state index contributed by atoms with van der Waals surface area (Å²) in [5.74, 6) is 3.29. The summed E-state index contributed by atoms with van der Waals surface area (Å²) in [4.78, 5) is 0.433. The van der Waals surface area contributed by atoms with Crippen LogP contribution in [0.1, 0.15) is 37.6 Å². The summed E-state index contributed by atoms with van der Waals surface area (Å²) in [7, 11) is 0. The number of ether oxygens (including phenoxy) is 2. The SMILES string of the molecule is CCOc1ccc(C(Br)C2CC2C)cc1OCC. The Morgan fingerprint density at radius 1 is 1.22 bits per heavy atom. The molecule has 1 aromatic rings. The molecule has 0 aromatic heterocycles. The van der Waals surface area contributed by atoms with E-state index >= 15 is 0 Å². The fourth-order valence-corrected chi connectivity index (χ4v) is 3.27. The van der Waals surface area contributed by atoms with E-state index in [0.717, 1.165) is 23.3 Å². The van der Waals surface area contributed by atoms with Crippen LogP contribution in [0.15, 0.2) is 18.2 Å². The summed E-state index contributed by atoms with van der Waals surface area (Å²) >= 11 is 3.81. The fourth-order valence-electron chi connectivity index (χ4n) is 2.25. The van der Waals surface area contributed by atoms with Crippen LogP contribution in [-0.4, -0.2) is 13.2 Å². The standard InChI is InChI=1S/C15H21BrO2/c1-4-17-13-7-6-11(9-14(13)18-5-2)15(16)12-8-10(12)3/h6-7,9-10,12,15H,4-5,8H2,1-3H3. The van der Waals surface area contributed by atoms with E-state index in [1.165, 1.54) is 12.0 Å². The van der Waals surface area contributed by atoms with E-state index in [9.17, 15) is 0 Å². The van der Waals surface area contributed by atoms with Gasteiger partial charge >= 0.3 is 0 Å². The van der Waals surface area contributed by atoms with E-state index in [1.807, 2.05) is 19.9 Å². The van der Waals surface area contributed by atoms with Crippen LogP contribution in [0.25, 0.3) is 0 Å². The van der Waals surface area contributed by atoms with E-state index in [2.05, 4.69) is 35.0 Å². The first-order chi connectivity index (χ1) is 8.67. The highest BCUT2D eigenvalue weighted by atomic mass is 79.9. The molecule has 1 aliphatic carbocycles. The zero-order valence-corrected chi connectivity index (χ0v) is 12.9. The largest absolute Gasteiger partial charge is 0.490 e. The van der Waals surface area contributed by atoms with Crippen molar-refractivity contribution >= 4 is 15.9 Å². The Labute approximate surface area is 118 Å². The second kappa shape index (κ2) is 5.96. The number of halogens is 1. The predicted molar refractivity (Wildman–Crippen MR) is 77.7 cm³/mol. The molecule has 1 fully saturated rings. The van der Waals surface area contributed by atoms with Crippen LogP contribution in [0.4, 0.5) is 0 Å².